The van der Waals surface area contributed by atoms with E-state index >= 15 is 0 Å². The van der Waals surface area contributed by atoms with Gasteiger partial charge in [0.05, 0.1) is 12.1 Å². The number of hydrogen-bond acceptors (Lipinski definition) is 6. The van der Waals surface area contributed by atoms with Crippen molar-refractivity contribution in [3.63, 3.8) is 0 Å². The predicted octanol–water partition coefficient (Wildman–Crippen LogP) is 1.97. The Morgan fingerprint density at radius 3 is 2.20 bits per heavy atom. The molecule has 0 saturated carbocycles. The van der Waals surface area contributed by atoms with E-state index in [1.54, 1.807) is 0 Å². The average Bonchev–Trinajstić information content (AvgIpc) is 3.24. The number of rotatable bonds is 2. The van der Waals surface area contributed by atoms with Crippen LogP contribution >= 0.6 is 0 Å². The standard InChI is InChI=1S/C22H31N3O2.2C2H4O2/c26-18-10-19(23-11-18)22(27)24-12-15-9-17(14-24)21-8-4-7-20(25(21)13-15)16-5-2-1-3-6-16;2*1-2(3)4/h1-3,5-6,15,17-21,23,26H,4,7-14H2;2*1H3,(H,3,4)/t15-,17+,18+,19+,20+,21-;;/m0../s1. The molecule has 9 nitrogen and oxygen atoms in total. The van der Waals surface area contributed by atoms with E-state index in [4.69, 9.17) is 19.8 Å². The van der Waals surface area contributed by atoms with Gasteiger partial charge in [-0.3, -0.25) is 19.3 Å². The lowest BCUT2D eigenvalue weighted by Crippen LogP contribution is -2.61. The zero-order valence-corrected chi connectivity index (χ0v) is 20.7. The molecule has 194 valence electrons. The van der Waals surface area contributed by atoms with Crippen molar-refractivity contribution in [2.75, 3.05) is 26.2 Å². The third kappa shape index (κ3) is 7.49. The molecule has 0 unspecified atom stereocenters. The molecule has 4 aliphatic rings. The Morgan fingerprint density at radius 1 is 0.943 bits per heavy atom. The van der Waals surface area contributed by atoms with Gasteiger partial charge >= 0.3 is 0 Å². The Kier molecular flexibility index (Phi) is 9.65. The fourth-order valence-corrected chi connectivity index (χ4v) is 6.15. The number of fused-ring (bicyclic) bond motifs is 4. The maximum Gasteiger partial charge on any atom is 0.300 e. The number of amides is 1. The van der Waals surface area contributed by atoms with Crippen LogP contribution < -0.4 is 5.32 Å². The van der Waals surface area contributed by atoms with Gasteiger partial charge in [-0.15, -0.1) is 0 Å². The van der Waals surface area contributed by atoms with Crippen molar-refractivity contribution >= 4 is 17.8 Å². The van der Waals surface area contributed by atoms with Gasteiger partial charge in [-0.25, -0.2) is 0 Å². The molecular weight excluding hydrogens is 450 g/mol. The first-order valence-corrected chi connectivity index (χ1v) is 12.6. The van der Waals surface area contributed by atoms with Crippen LogP contribution in [0.3, 0.4) is 0 Å². The Labute approximate surface area is 207 Å². The fraction of sp³-hybridized carbons (Fsp3) is 0.654. The molecule has 4 heterocycles. The summed E-state index contributed by atoms with van der Waals surface area (Å²) >= 11 is 0. The number of nitrogens with one attached hydrogen (secondary N) is 1. The molecule has 35 heavy (non-hydrogen) atoms. The van der Waals surface area contributed by atoms with E-state index in [2.05, 4.69) is 45.4 Å². The molecule has 4 saturated heterocycles. The molecule has 0 radical (unpaired) electrons. The van der Waals surface area contributed by atoms with Crippen molar-refractivity contribution in [3.8, 4) is 0 Å². The van der Waals surface area contributed by atoms with Crippen molar-refractivity contribution in [1.82, 2.24) is 15.1 Å². The van der Waals surface area contributed by atoms with Crippen LogP contribution in [0.25, 0.3) is 0 Å². The van der Waals surface area contributed by atoms with Crippen LogP contribution in [0.4, 0.5) is 0 Å². The molecule has 1 aromatic rings. The highest BCUT2D eigenvalue weighted by atomic mass is 16.4. The van der Waals surface area contributed by atoms with E-state index in [1.807, 2.05) is 0 Å². The molecule has 4 N–H and O–H groups in total. The number of β-amino-alcohol motifs (C(OH)–C–C–N with tert-alkyl or cyclic N) is 1. The molecule has 0 aliphatic carbocycles. The molecule has 0 spiro atoms. The van der Waals surface area contributed by atoms with Crippen LogP contribution in [0.2, 0.25) is 0 Å². The average molecular weight is 490 g/mol. The highest BCUT2D eigenvalue weighted by molar-refractivity contribution is 5.82. The maximum atomic E-state index is 13.0. The summed E-state index contributed by atoms with van der Waals surface area (Å²) in [5.41, 5.74) is 1.46. The van der Waals surface area contributed by atoms with Crippen LogP contribution in [0.1, 0.15) is 57.6 Å². The topological polar surface area (TPSA) is 130 Å². The van der Waals surface area contributed by atoms with Gasteiger partial charge in [0, 0.05) is 52.1 Å². The van der Waals surface area contributed by atoms with Gasteiger partial charge in [-0.1, -0.05) is 30.3 Å². The number of carbonyl (C=O) groups is 3. The van der Waals surface area contributed by atoms with E-state index in [-0.39, 0.29) is 18.1 Å². The summed E-state index contributed by atoms with van der Waals surface area (Å²) in [4.78, 5) is 35.8. The van der Waals surface area contributed by atoms with Gasteiger partial charge in [0.25, 0.3) is 11.9 Å². The highest BCUT2D eigenvalue weighted by Crippen LogP contribution is 2.44. The number of carbonyl (C=O) groups excluding carboxylic acids is 1. The van der Waals surface area contributed by atoms with E-state index in [0.717, 1.165) is 33.5 Å². The summed E-state index contributed by atoms with van der Waals surface area (Å²) < 4.78 is 0. The van der Waals surface area contributed by atoms with Gasteiger partial charge in [0.2, 0.25) is 5.91 Å². The minimum Gasteiger partial charge on any atom is -0.481 e. The fourth-order valence-electron chi connectivity index (χ4n) is 6.15. The molecule has 5 rings (SSSR count). The minimum atomic E-state index is -0.833. The zero-order chi connectivity index (χ0) is 25.5. The Balaban J connectivity index is 0.000000376. The van der Waals surface area contributed by atoms with Gasteiger partial charge in [0.1, 0.15) is 0 Å². The molecule has 4 aliphatic heterocycles. The van der Waals surface area contributed by atoms with E-state index in [1.165, 1.54) is 31.2 Å². The summed E-state index contributed by atoms with van der Waals surface area (Å²) in [5.74, 6) is -0.274. The van der Waals surface area contributed by atoms with Gasteiger partial charge in [-0.2, -0.15) is 0 Å². The van der Waals surface area contributed by atoms with Crippen molar-refractivity contribution in [2.24, 2.45) is 11.8 Å². The lowest BCUT2D eigenvalue weighted by Gasteiger charge is -2.55. The Bertz CT molecular complexity index is 846. The summed E-state index contributed by atoms with van der Waals surface area (Å²) in [6, 6.07) is 12.0. The molecular formula is C26H39N3O6. The second-order valence-corrected chi connectivity index (χ2v) is 10.1. The predicted molar refractivity (Wildman–Crippen MR) is 131 cm³/mol. The van der Waals surface area contributed by atoms with Gasteiger partial charge < -0.3 is 25.5 Å². The quantitative estimate of drug-likeness (QED) is 0.496. The molecule has 4 fully saturated rings. The number of aliphatic hydroxyl groups excluding tert-OH is 1. The lowest BCUT2D eigenvalue weighted by atomic mass is 9.73. The summed E-state index contributed by atoms with van der Waals surface area (Å²) in [6.07, 6.45) is 5.27. The third-order valence-corrected chi connectivity index (χ3v) is 7.29. The van der Waals surface area contributed by atoms with Crippen molar-refractivity contribution in [2.45, 2.75) is 70.2 Å². The summed E-state index contributed by atoms with van der Waals surface area (Å²) in [5, 5.41) is 27.8. The molecule has 1 aromatic carbocycles. The van der Waals surface area contributed by atoms with Crippen LogP contribution in [0.15, 0.2) is 30.3 Å². The minimum absolute atomic E-state index is 0.182. The van der Waals surface area contributed by atoms with E-state index in [0.29, 0.717) is 36.9 Å². The summed E-state index contributed by atoms with van der Waals surface area (Å²) in [6.45, 7) is 5.61. The van der Waals surface area contributed by atoms with Gasteiger partial charge in [0.15, 0.2) is 0 Å². The van der Waals surface area contributed by atoms with Crippen molar-refractivity contribution in [1.29, 1.82) is 0 Å². The van der Waals surface area contributed by atoms with E-state index in [9.17, 15) is 9.90 Å². The zero-order valence-electron chi connectivity index (χ0n) is 20.7. The smallest absolute Gasteiger partial charge is 0.300 e. The number of carboxylic acid groups (broad SMARTS) is 2. The lowest BCUT2D eigenvalue weighted by molar-refractivity contribution is -0.141. The Hall–Kier alpha value is -2.49. The first-order chi connectivity index (χ1) is 16.7. The molecule has 9 heteroatoms. The molecule has 6 atom stereocenters. The number of hydrogen-bond donors (Lipinski definition) is 4. The second kappa shape index (κ2) is 12.5. The first-order valence-electron chi connectivity index (χ1n) is 12.6. The van der Waals surface area contributed by atoms with Crippen LogP contribution in [-0.2, 0) is 14.4 Å². The number of likely N-dealkylation sites (tertiary alicyclic amines) is 1. The highest BCUT2D eigenvalue weighted by Gasteiger charge is 2.46. The SMILES string of the molecule is CC(=O)O.CC(=O)O.O=C([C@H]1C[C@@H](O)CN1)N1C[C@@H]2C[C@H](C1)[C@@H]1CCC[C@H](c3ccccc3)N1C2. The summed E-state index contributed by atoms with van der Waals surface area (Å²) in [7, 11) is 0. The first kappa shape index (κ1) is 27.1. The van der Waals surface area contributed by atoms with Crippen LogP contribution in [0.5, 0.6) is 0 Å². The number of aliphatic hydroxyl groups is 1. The number of carboxylic acids is 2. The molecule has 2 bridgehead atoms. The van der Waals surface area contributed by atoms with Crippen molar-refractivity contribution < 1.29 is 29.7 Å². The number of nitrogens with zero attached hydrogens (tertiary/aromatic N) is 2. The second-order valence-electron chi connectivity index (χ2n) is 10.1. The molecule has 1 amide bonds. The van der Waals surface area contributed by atoms with Gasteiger partial charge in [-0.05, 0) is 49.5 Å². The maximum absolute atomic E-state index is 13.0. The normalized spacial score (nSPS) is 31.7. The number of piperidine rings is 3. The molecule has 0 aromatic heterocycles. The van der Waals surface area contributed by atoms with E-state index < -0.39 is 11.9 Å². The third-order valence-electron chi connectivity index (χ3n) is 7.29. The monoisotopic (exact) mass is 489 g/mol. The largest absolute Gasteiger partial charge is 0.481 e. The number of benzene rings is 1. The van der Waals surface area contributed by atoms with Crippen molar-refractivity contribution in [3.05, 3.63) is 35.9 Å². The van der Waals surface area contributed by atoms with Crippen LogP contribution in [0, 0.1) is 11.8 Å². The van der Waals surface area contributed by atoms with Crippen LogP contribution in [-0.4, -0.2) is 87.3 Å². The number of aliphatic carboxylic acids is 2. The Morgan fingerprint density at radius 2 is 1.60 bits per heavy atom.